The molecule has 0 aromatic carbocycles. The highest BCUT2D eigenvalue weighted by atomic mass is 32.1. The van der Waals surface area contributed by atoms with Crippen molar-refractivity contribution in [3.05, 3.63) is 44.8 Å². The minimum Gasteiger partial charge on any atom is -0.300 e. The van der Waals surface area contributed by atoms with Gasteiger partial charge in [-0.3, -0.25) is 19.4 Å². The molecule has 0 spiro atoms. The summed E-state index contributed by atoms with van der Waals surface area (Å²) in [7, 11) is 0. The minimum absolute atomic E-state index is 0.250. The van der Waals surface area contributed by atoms with Crippen molar-refractivity contribution in [1.29, 1.82) is 0 Å². The Morgan fingerprint density at radius 1 is 0.808 bits per heavy atom. The maximum atomic E-state index is 11.9. The van der Waals surface area contributed by atoms with E-state index in [1.54, 1.807) is 22.7 Å². The average Bonchev–Trinajstić information content (AvgIpc) is 3.35. The van der Waals surface area contributed by atoms with Crippen LogP contribution >= 0.6 is 22.7 Å². The lowest BCUT2D eigenvalue weighted by Gasteiger charge is -2.52. The number of ketones is 2. The van der Waals surface area contributed by atoms with Gasteiger partial charge in [-0.15, -0.1) is 22.7 Å². The molecule has 0 radical (unpaired) electrons. The number of carbonyl (C=O) groups is 2. The Hall–Kier alpha value is -1.34. The van der Waals surface area contributed by atoms with Crippen molar-refractivity contribution in [1.82, 2.24) is 9.80 Å². The largest absolute Gasteiger partial charge is 0.300 e. The molecule has 4 heterocycles. The quantitative estimate of drug-likeness (QED) is 0.786. The van der Waals surface area contributed by atoms with Crippen LogP contribution in [0.15, 0.2) is 35.0 Å². The van der Waals surface area contributed by atoms with Gasteiger partial charge in [-0.1, -0.05) is 12.1 Å². The first-order chi connectivity index (χ1) is 12.7. The van der Waals surface area contributed by atoms with E-state index in [1.165, 1.54) is 9.75 Å². The van der Waals surface area contributed by atoms with Crippen LogP contribution in [0.5, 0.6) is 0 Å². The third-order valence-electron chi connectivity index (χ3n) is 5.61. The van der Waals surface area contributed by atoms with Gasteiger partial charge in [0.2, 0.25) is 0 Å². The van der Waals surface area contributed by atoms with Crippen LogP contribution in [0, 0.1) is 0 Å². The fourth-order valence-electron chi connectivity index (χ4n) is 4.24. The van der Waals surface area contributed by atoms with Gasteiger partial charge in [-0.2, -0.15) is 0 Å². The first kappa shape index (κ1) is 18.0. The van der Waals surface area contributed by atoms with Crippen molar-refractivity contribution in [3.8, 4) is 0 Å². The zero-order valence-electron chi connectivity index (χ0n) is 14.9. The molecule has 6 heteroatoms. The average molecular weight is 389 g/mol. The van der Waals surface area contributed by atoms with Crippen LogP contribution in [0.1, 0.15) is 35.4 Å². The van der Waals surface area contributed by atoms with Gasteiger partial charge in [0.25, 0.3) is 0 Å². The Kier molecular flexibility index (Phi) is 5.36. The Balaban J connectivity index is 1.76. The second-order valence-corrected chi connectivity index (χ2v) is 9.08. The van der Waals surface area contributed by atoms with Crippen LogP contribution in [0.4, 0.5) is 0 Å². The molecular weight excluding hydrogens is 364 g/mol. The highest BCUT2D eigenvalue weighted by Crippen LogP contribution is 2.41. The summed E-state index contributed by atoms with van der Waals surface area (Å²) in [6.07, 6.45) is 3.43. The number of nitrogens with zero attached hydrogens (tertiary/aromatic N) is 2. The van der Waals surface area contributed by atoms with Gasteiger partial charge >= 0.3 is 0 Å². The van der Waals surface area contributed by atoms with E-state index < -0.39 is 0 Å². The van der Waals surface area contributed by atoms with Gasteiger partial charge in [0.1, 0.15) is 17.2 Å². The van der Waals surface area contributed by atoms with E-state index >= 15 is 0 Å². The second-order valence-electron chi connectivity index (χ2n) is 7.10. The van der Waals surface area contributed by atoms with E-state index in [2.05, 4.69) is 44.8 Å². The normalized spacial score (nSPS) is 20.6. The topological polar surface area (TPSA) is 40.6 Å². The summed E-state index contributed by atoms with van der Waals surface area (Å²) in [5, 5.41) is 4.27. The smallest absolute Gasteiger partial charge is 0.135 e. The van der Waals surface area contributed by atoms with Crippen LogP contribution in [-0.4, -0.2) is 47.5 Å². The van der Waals surface area contributed by atoms with E-state index in [4.69, 9.17) is 0 Å². The molecule has 2 aliphatic rings. The molecule has 0 amide bonds. The highest BCUT2D eigenvalue weighted by molar-refractivity contribution is 7.10. The molecule has 138 valence electrons. The molecule has 2 saturated heterocycles. The summed E-state index contributed by atoms with van der Waals surface area (Å²) < 4.78 is 0. The summed E-state index contributed by atoms with van der Waals surface area (Å²) in [6, 6.07) is 8.66. The molecule has 0 atom stereocenters. The van der Waals surface area contributed by atoms with Crippen LogP contribution in [0.25, 0.3) is 0 Å². The fourth-order valence-corrected chi connectivity index (χ4v) is 5.99. The predicted octanol–water partition coefficient (Wildman–Crippen LogP) is 3.53. The van der Waals surface area contributed by atoms with Crippen molar-refractivity contribution in [2.24, 2.45) is 0 Å². The Labute approximate surface area is 162 Å². The first-order valence-corrected chi connectivity index (χ1v) is 11.0. The van der Waals surface area contributed by atoms with Crippen molar-refractivity contribution in [2.45, 2.75) is 37.8 Å². The minimum atomic E-state index is -0.250. The summed E-state index contributed by atoms with van der Waals surface area (Å²) in [5.41, 5.74) is -0.250. The summed E-state index contributed by atoms with van der Waals surface area (Å²) in [5.74, 6) is 0.734. The zero-order valence-corrected chi connectivity index (χ0v) is 16.5. The summed E-state index contributed by atoms with van der Waals surface area (Å²) >= 11 is 3.59. The van der Waals surface area contributed by atoms with Crippen LogP contribution in [0.3, 0.4) is 0 Å². The van der Waals surface area contributed by atoms with Gasteiger partial charge in [0.05, 0.1) is 0 Å². The molecule has 4 nitrogen and oxygen atoms in total. The summed E-state index contributed by atoms with van der Waals surface area (Å²) in [4.78, 5) is 31.5. The first-order valence-electron chi connectivity index (χ1n) is 9.28. The number of rotatable bonds is 5. The molecule has 4 rings (SSSR count). The zero-order chi connectivity index (χ0) is 18.0. The van der Waals surface area contributed by atoms with Crippen molar-refractivity contribution >= 4 is 34.2 Å². The molecule has 0 unspecified atom stereocenters. The van der Waals surface area contributed by atoms with E-state index in [0.717, 1.165) is 32.6 Å². The number of hydrogen-bond acceptors (Lipinski definition) is 6. The second kappa shape index (κ2) is 7.72. The van der Waals surface area contributed by atoms with E-state index in [0.29, 0.717) is 37.2 Å². The number of likely N-dealkylation sites (tertiary alicyclic amines) is 2. The lowest BCUT2D eigenvalue weighted by atomic mass is 9.92. The molecule has 0 aliphatic carbocycles. The molecule has 0 saturated carbocycles. The molecule has 2 aromatic heterocycles. The SMILES string of the molecule is O=C1CCN(C(Cc2cccs2)(c2cccs2)N2CCC(=O)CC2)CC1. The standard InChI is InChI=1S/C20H24N2O2S2/c23-16-5-9-21(10-6-16)20(19-4-2-14-26-19,15-18-3-1-13-25-18)22-11-7-17(24)8-12-22/h1-4,13-14H,5-12,15H2. The van der Waals surface area contributed by atoms with Gasteiger partial charge in [-0.05, 0) is 22.9 Å². The Bertz CT molecular complexity index is 707. The molecule has 2 aromatic rings. The van der Waals surface area contributed by atoms with Crippen LogP contribution in [0.2, 0.25) is 0 Å². The molecule has 2 aliphatic heterocycles. The van der Waals surface area contributed by atoms with Gasteiger partial charge in [0, 0.05) is 68.0 Å². The van der Waals surface area contributed by atoms with Gasteiger partial charge in [0.15, 0.2) is 0 Å². The number of piperidine rings is 2. The molecule has 0 bridgehead atoms. The molecule has 2 fully saturated rings. The van der Waals surface area contributed by atoms with Crippen molar-refractivity contribution in [2.75, 3.05) is 26.2 Å². The third-order valence-corrected chi connectivity index (χ3v) is 7.49. The summed E-state index contributed by atoms with van der Waals surface area (Å²) in [6.45, 7) is 3.19. The maximum Gasteiger partial charge on any atom is 0.135 e. The van der Waals surface area contributed by atoms with E-state index in [9.17, 15) is 9.59 Å². The lowest BCUT2D eigenvalue weighted by Crippen LogP contribution is -2.62. The van der Waals surface area contributed by atoms with E-state index in [1.807, 2.05) is 0 Å². The monoisotopic (exact) mass is 388 g/mol. The Morgan fingerprint density at radius 3 is 1.81 bits per heavy atom. The van der Waals surface area contributed by atoms with E-state index in [-0.39, 0.29) is 5.66 Å². The number of Topliss-reactive ketones (excluding diaryl/α,β-unsaturated/α-hetero) is 2. The fraction of sp³-hybridized carbons (Fsp3) is 0.500. The van der Waals surface area contributed by atoms with Crippen molar-refractivity contribution in [3.63, 3.8) is 0 Å². The number of thiophene rings is 2. The van der Waals surface area contributed by atoms with Gasteiger partial charge < -0.3 is 0 Å². The van der Waals surface area contributed by atoms with Crippen LogP contribution in [-0.2, 0) is 21.7 Å². The Morgan fingerprint density at radius 2 is 1.35 bits per heavy atom. The van der Waals surface area contributed by atoms with Gasteiger partial charge in [-0.25, -0.2) is 0 Å². The third kappa shape index (κ3) is 3.43. The maximum absolute atomic E-state index is 11.9. The predicted molar refractivity (Wildman–Crippen MR) is 106 cm³/mol. The number of carbonyl (C=O) groups excluding carboxylic acids is 2. The lowest BCUT2D eigenvalue weighted by molar-refractivity contribution is -0.133. The molecular formula is C20H24N2O2S2. The van der Waals surface area contributed by atoms with Crippen LogP contribution < -0.4 is 0 Å². The molecule has 26 heavy (non-hydrogen) atoms. The highest BCUT2D eigenvalue weighted by Gasteiger charge is 2.46. The number of hydrogen-bond donors (Lipinski definition) is 0. The molecule has 0 N–H and O–H groups in total. The van der Waals surface area contributed by atoms with Crippen molar-refractivity contribution < 1.29 is 9.59 Å².